The van der Waals surface area contributed by atoms with Gasteiger partial charge in [0.05, 0.1) is 33.3 Å². The van der Waals surface area contributed by atoms with E-state index in [1.807, 2.05) is 0 Å². The number of pyridine rings is 1. The summed E-state index contributed by atoms with van der Waals surface area (Å²) in [6, 6.07) is 6.70. The molecule has 190 valence electrons. The number of halogens is 4. The molecule has 14 heteroatoms. The summed E-state index contributed by atoms with van der Waals surface area (Å²) in [5, 5.41) is 9.29. The molecule has 1 aliphatic rings. The van der Waals surface area contributed by atoms with Crippen LogP contribution < -0.4 is 10.6 Å². The van der Waals surface area contributed by atoms with Crippen molar-refractivity contribution in [3.05, 3.63) is 69.1 Å². The third-order valence-electron chi connectivity index (χ3n) is 5.40. The van der Waals surface area contributed by atoms with Crippen molar-refractivity contribution < 1.29 is 26.8 Å². The Morgan fingerprint density at radius 3 is 2.47 bits per heavy atom. The zero-order valence-corrected chi connectivity index (χ0v) is 21.2. The highest BCUT2D eigenvalue weighted by molar-refractivity contribution is 7.93. The average molecular weight is 558 g/mol. The number of amides is 2. The highest BCUT2D eigenvalue weighted by Gasteiger charge is 2.46. The number of nitrogens with one attached hydrogen (secondary N) is 2. The highest BCUT2D eigenvalue weighted by atomic mass is 35.5. The van der Waals surface area contributed by atoms with Crippen molar-refractivity contribution in [2.45, 2.75) is 25.8 Å². The van der Waals surface area contributed by atoms with Gasteiger partial charge in [0.15, 0.2) is 15.7 Å². The van der Waals surface area contributed by atoms with Crippen LogP contribution >= 0.6 is 23.2 Å². The van der Waals surface area contributed by atoms with Crippen molar-refractivity contribution >= 4 is 50.5 Å². The quantitative estimate of drug-likeness (QED) is 0.472. The van der Waals surface area contributed by atoms with Gasteiger partial charge in [-0.1, -0.05) is 23.2 Å². The maximum absolute atomic E-state index is 13.4. The number of aryl methyl sites for hydroxylation is 1. The van der Waals surface area contributed by atoms with E-state index in [1.54, 1.807) is 13.8 Å². The number of hydrogen-bond acceptors (Lipinski definition) is 6. The first-order valence-corrected chi connectivity index (χ1v) is 13.0. The van der Waals surface area contributed by atoms with Crippen LogP contribution in [0.25, 0.3) is 5.82 Å². The van der Waals surface area contributed by atoms with Gasteiger partial charge in [-0.3, -0.25) is 9.59 Å². The largest absolute Gasteiger partial charge is 0.345 e. The topological polar surface area (TPSA) is 123 Å². The van der Waals surface area contributed by atoms with Gasteiger partial charge in [-0.05, 0) is 49.7 Å². The van der Waals surface area contributed by atoms with Crippen molar-refractivity contribution in [3.63, 3.8) is 0 Å². The molecule has 0 atom stereocenters. The zero-order valence-electron chi connectivity index (χ0n) is 18.9. The van der Waals surface area contributed by atoms with Crippen molar-refractivity contribution in [2.75, 3.05) is 16.8 Å². The van der Waals surface area contributed by atoms with E-state index in [0.29, 0.717) is 5.56 Å². The first kappa shape index (κ1) is 26.0. The molecule has 36 heavy (non-hydrogen) atoms. The summed E-state index contributed by atoms with van der Waals surface area (Å²) >= 11 is 12.3. The van der Waals surface area contributed by atoms with Crippen LogP contribution in [-0.4, -0.2) is 52.0 Å². The number of carbonyl (C=O) groups excluding carboxylic acids is 2. The van der Waals surface area contributed by atoms with Crippen LogP contribution in [0.1, 0.15) is 45.5 Å². The molecule has 0 saturated carbocycles. The number of anilines is 1. The molecule has 3 aromatic rings. The molecule has 3 heterocycles. The molecule has 1 aliphatic heterocycles. The normalized spacial score (nSPS) is 15.9. The summed E-state index contributed by atoms with van der Waals surface area (Å²) in [5.74, 6) is -2.03. The van der Waals surface area contributed by atoms with Crippen LogP contribution in [0.15, 0.2) is 36.5 Å². The molecule has 1 fully saturated rings. The highest BCUT2D eigenvalue weighted by Crippen LogP contribution is 2.30. The van der Waals surface area contributed by atoms with Crippen LogP contribution in [0.2, 0.25) is 10.0 Å². The molecule has 2 N–H and O–H groups in total. The van der Waals surface area contributed by atoms with Gasteiger partial charge < -0.3 is 10.6 Å². The predicted molar refractivity (Wildman–Crippen MR) is 130 cm³/mol. The number of hydrogen-bond donors (Lipinski definition) is 2. The number of sulfone groups is 1. The molecule has 1 saturated heterocycles. The smallest absolute Gasteiger partial charge is 0.282 e. The lowest BCUT2D eigenvalue weighted by atomic mass is 10.0. The van der Waals surface area contributed by atoms with E-state index in [4.69, 9.17) is 23.2 Å². The standard InChI is InChI=1S/C22H19Cl2F2N5O4S/c1-11-6-12(23)7-13(20(32)29-22(2)9-36(34,35)10-22)17(11)28-21(33)16-8-15(18(25)26)30-31(16)19-14(24)4-3-5-27-19/h3-8,18H,9-10H2,1-2H3,(H,28,33)(H,29,32). The van der Waals surface area contributed by atoms with Gasteiger partial charge in [0.1, 0.15) is 11.4 Å². The fourth-order valence-electron chi connectivity index (χ4n) is 3.97. The number of benzene rings is 1. The maximum atomic E-state index is 13.4. The second kappa shape index (κ2) is 9.41. The molecule has 2 aromatic heterocycles. The van der Waals surface area contributed by atoms with Gasteiger partial charge in [0, 0.05) is 11.2 Å². The molecule has 0 bridgehead atoms. The maximum Gasteiger partial charge on any atom is 0.282 e. The van der Waals surface area contributed by atoms with Crippen molar-refractivity contribution in [1.82, 2.24) is 20.1 Å². The van der Waals surface area contributed by atoms with E-state index in [-0.39, 0.29) is 44.3 Å². The summed E-state index contributed by atoms with van der Waals surface area (Å²) in [4.78, 5) is 30.4. The molecule has 4 rings (SSSR count). The Morgan fingerprint density at radius 1 is 1.17 bits per heavy atom. The minimum absolute atomic E-state index is 0.0325. The van der Waals surface area contributed by atoms with E-state index in [0.717, 1.165) is 10.7 Å². The third-order valence-corrected chi connectivity index (χ3v) is 8.07. The Hall–Kier alpha value is -3.09. The van der Waals surface area contributed by atoms with Crippen LogP contribution in [-0.2, 0) is 9.84 Å². The molecular formula is C22H19Cl2F2N5O4S. The fraction of sp³-hybridized carbons (Fsp3) is 0.273. The summed E-state index contributed by atoms with van der Waals surface area (Å²) in [7, 11) is -3.24. The zero-order chi connectivity index (χ0) is 26.4. The number of nitrogens with zero attached hydrogens (tertiary/aromatic N) is 3. The van der Waals surface area contributed by atoms with Crippen LogP contribution in [0.3, 0.4) is 0 Å². The van der Waals surface area contributed by atoms with Gasteiger partial charge in [0.2, 0.25) is 0 Å². The van der Waals surface area contributed by atoms with Gasteiger partial charge >= 0.3 is 0 Å². The van der Waals surface area contributed by atoms with Gasteiger partial charge in [-0.15, -0.1) is 0 Å². The second-order valence-electron chi connectivity index (χ2n) is 8.62. The lowest BCUT2D eigenvalue weighted by Gasteiger charge is -2.38. The number of carbonyl (C=O) groups is 2. The number of alkyl halides is 2. The van der Waals surface area contributed by atoms with E-state index < -0.39 is 39.3 Å². The van der Waals surface area contributed by atoms with Crippen molar-refractivity contribution in [3.8, 4) is 5.82 Å². The minimum Gasteiger partial charge on any atom is -0.345 e. The van der Waals surface area contributed by atoms with Gasteiger partial charge in [-0.25, -0.2) is 26.9 Å². The molecule has 0 spiro atoms. The predicted octanol–water partition coefficient (Wildman–Crippen LogP) is 3.99. The molecule has 2 amide bonds. The van der Waals surface area contributed by atoms with Crippen molar-refractivity contribution in [1.29, 1.82) is 0 Å². The van der Waals surface area contributed by atoms with Crippen LogP contribution in [0.4, 0.5) is 14.5 Å². The molecular weight excluding hydrogens is 539 g/mol. The van der Waals surface area contributed by atoms with Crippen LogP contribution in [0.5, 0.6) is 0 Å². The molecule has 0 aliphatic carbocycles. The van der Waals surface area contributed by atoms with E-state index >= 15 is 0 Å². The molecule has 1 aromatic carbocycles. The van der Waals surface area contributed by atoms with Gasteiger partial charge in [0.25, 0.3) is 18.2 Å². The monoisotopic (exact) mass is 557 g/mol. The summed E-state index contributed by atoms with van der Waals surface area (Å²) < 4.78 is 51.0. The Balaban J connectivity index is 1.71. The third kappa shape index (κ3) is 5.20. The fourth-order valence-corrected chi connectivity index (χ4v) is 6.45. The summed E-state index contributed by atoms with van der Waals surface area (Å²) in [6.45, 7) is 3.17. The molecule has 0 radical (unpaired) electrons. The minimum atomic E-state index is -3.24. The SMILES string of the molecule is Cc1cc(Cl)cc(C(=O)NC2(C)CS(=O)(=O)C2)c1NC(=O)c1cc(C(F)F)nn1-c1ncccc1Cl. The first-order chi connectivity index (χ1) is 16.8. The van der Waals surface area contributed by atoms with Gasteiger partial charge in [-0.2, -0.15) is 5.10 Å². The second-order valence-corrected chi connectivity index (χ2v) is 11.5. The number of aromatic nitrogens is 3. The Morgan fingerprint density at radius 2 is 1.86 bits per heavy atom. The average Bonchev–Trinajstić information content (AvgIpc) is 3.19. The van der Waals surface area contributed by atoms with Crippen molar-refractivity contribution in [2.24, 2.45) is 0 Å². The molecule has 9 nitrogen and oxygen atoms in total. The van der Waals surface area contributed by atoms with E-state index in [2.05, 4.69) is 20.7 Å². The summed E-state index contributed by atoms with van der Waals surface area (Å²) in [5.41, 5.74) is -1.52. The lowest BCUT2D eigenvalue weighted by molar-refractivity contribution is 0.0917. The Kier molecular flexibility index (Phi) is 6.80. The first-order valence-electron chi connectivity index (χ1n) is 10.4. The summed E-state index contributed by atoms with van der Waals surface area (Å²) in [6.07, 6.45) is -1.61. The Bertz CT molecular complexity index is 1480. The van der Waals surface area contributed by atoms with E-state index in [1.165, 1.54) is 30.5 Å². The Labute approximate surface area is 214 Å². The lowest BCUT2D eigenvalue weighted by Crippen LogP contribution is -2.63. The van der Waals surface area contributed by atoms with Crippen LogP contribution in [0, 0.1) is 6.92 Å². The number of rotatable bonds is 6. The van der Waals surface area contributed by atoms with E-state index in [9.17, 15) is 26.8 Å². The molecule has 0 unspecified atom stereocenters.